The van der Waals surface area contributed by atoms with Crippen LogP contribution in [-0.2, 0) is 0 Å². The molecule has 0 fully saturated rings. The van der Waals surface area contributed by atoms with Gasteiger partial charge in [0.15, 0.2) is 17.3 Å². The van der Waals surface area contributed by atoms with Gasteiger partial charge in [0.1, 0.15) is 17.3 Å². The number of halogens is 1. The van der Waals surface area contributed by atoms with Crippen molar-refractivity contribution in [2.45, 2.75) is 0 Å². The van der Waals surface area contributed by atoms with Crippen molar-refractivity contribution in [1.82, 2.24) is 0 Å². The van der Waals surface area contributed by atoms with Crippen LogP contribution in [0.15, 0.2) is 59.0 Å². The molecule has 28 heavy (non-hydrogen) atoms. The highest BCUT2D eigenvalue weighted by Gasteiger charge is 2.16. The fourth-order valence-electron chi connectivity index (χ4n) is 2.69. The maximum Gasteiger partial charge on any atom is 0.203 e. The lowest BCUT2D eigenvalue weighted by molar-refractivity contribution is 0.104. The number of carbonyl (C=O) groups is 1. The second-order valence-corrected chi connectivity index (χ2v) is 5.82. The summed E-state index contributed by atoms with van der Waals surface area (Å²) in [6.45, 7) is 0. The van der Waals surface area contributed by atoms with Gasteiger partial charge in [0, 0.05) is 11.1 Å². The van der Waals surface area contributed by atoms with E-state index in [0.29, 0.717) is 34.3 Å². The first-order chi connectivity index (χ1) is 13.5. The van der Waals surface area contributed by atoms with Crippen LogP contribution in [0.5, 0.6) is 17.2 Å². The molecule has 0 aliphatic heterocycles. The molecule has 0 saturated carbocycles. The number of benzene rings is 2. The predicted molar refractivity (Wildman–Crippen MR) is 104 cm³/mol. The predicted octanol–water partition coefficient (Wildman–Crippen LogP) is 5.01. The third kappa shape index (κ3) is 4.06. The lowest BCUT2D eigenvalue weighted by atomic mass is 10.1. The van der Waals surface area contributed by atoms with Crippen LogP contribution in [0.25, 0.3) is 17.4 Å². The molecule has 0 N–H and O–H groups in total. The summed E-state index contributed by atoms with van der Waals surface area (Å²) in [6, 6.07) is 12.6. The molecule has 0 saturated heterocycles. The summed E-state index contributed by atoms with van der Waals surface area (Å²) in [6.07, 6.45) is 2.96. The van der Waals surface area contributed by atoms with E-state index in [4.69, 9.17) is 18.6 Å². The molecule has 0 spiro atoms. The minimum absolute atomic E-state index is 0.251. The van der Waals surface area contributed by atoms with E-state index >= 15 is 0 Å². The molecule has 0 radical (unpaired) electrons. The normalized spacial score (nSPS) is 10.9. The monoisotopic (exact) mass is 382 g/mol. The molecule has 144 valence electrons. The van der Waals surface area contributed by atoms with Crippen LogP contribution in [0.3, 0.4) is 0 Å². The topological polar surface area (TPSA) is 57.9 Å². The van der Waals surface area contributed by atoms with Crippen molar-refractivity contribution in [3.05, 3.63) is 71.7 Å². The number of allylic oxidation sites excluding steroid dienone is 1. The molecule has 0 aliphatic carbocycles. The van der Waals surface area contributed by atoms with Crippen molar-refractivity contribution in [2.24, 2.45) is 0 Å². The first-order valence-corrected chi connectivity index (χ1v) is 8.44. The van der Waals surface area contributed by atoms with Gasteiger partial charge < -0.3 is 18.6 Å². The summed E-state index contributed by atoms with van der Waals surface area (Å²) in [4.78, 5) is 12.5. The number of methoxy groups -OCH3 is 3. The van der Waals surface area contributed by atoms with E-state index in [-0.39, 0.29) is 11.6 Å². The van der Waals surface area contributed by atoms with Crippen LogP contribution in [0.4, 0.5) is 4.39 Å². The Morgan fingerprint density at radius 1 is 0.929 bits per heavy atom. The van der Waals surface area contributed by atoms with Gasteiger partial charge in [-0.1, -0.05) is 0 Å². The molecule has 0 unspecified atom stereocenters. The van der Waals surface area contributed by atoms with Gasteiger partial charge >= 0.3 is 0 Å². The first kappa shape index (κ1) is 19.2. The Kier molecular flexibility index (Phi) is 5.79. The fraction of sp³-hybridized carbons (Fsp3) is 0.136. The molecule has 0 atom stereocenters. The Bertz CT molecular complexity index is 977. The number of ketones is 1. The van der Waals surface area contributed by atoms with E-state index in [1.165, 1.54) is 39.5 Å². The zero-order valence-corrected chi connectivity index (χ0v) is 15.7. The summed E-state index contributed by atoms with van der Waals surface area (Å²) < 4.78 is 34.5. The van der Waals surface area contributed by atoms with Gasteiger partial charge in [0.05, 0.1) is 21.3 Å². The molecule has 0 bridgehead atoms. The molecule has 3 aromatic rings. The average Bonchev–Trinajstić information content (AvgIpc) is 3.20. The minimum atomic E-state index is -0.314. The third-order valence-corrected chi connectivity index (χ3v) is 4.10. The van der Waals surface area contributed by atoms with E-state index in [0.717, 1.165) is 5.56 Å². The molecule has 1 heterocycles. The van der Waals surface area contributed by atoms with Crippen LogP contribution in [0.2, 0.25) is 0 Å². The van der Waals surface area contributed by atoms with Crippen LogP contribution in [0.1, 0.15) is 16.1 Å². The smallest absolute Gasteiger partial charge is 0.203 e. The molecular formula is C22H19FO5. The Morgan fingerprint density at radius 2 is 1.57 bits per heavy atom. The Labute approximate surface area is 162 Å². The van der Waals surface area contributed by atoms with Crippen LogP contribution < -0.4 is 14.2 Å². The van der Waals surface area contributed by atoms with Crippen molar-refractivity contribution in [3.63, 3.8) is 0 Å². The van der Waals surface area contributed by atoms with Gasteiger partial charge in [0.25, 0.3) is 0 Å². The van der Waals surface area contributed by atoms with Crippen molar-refractivity contribution >= 4 is 11.9 Å². The lowest BCUT2D eigenvalue weighted by Gasteiger charge is -2.13. The quantitative estimate of drug-likeness (QED) is 0.425. The summed E-state index contributed by atoms with van der Waals surface area (Å²) in [5.41, 5.74) is 1.13. The van der Waals surface area contributed by atoms with Crippen molar-refractivity contribution in [3.8, 4) is 28.6 Å². The molecule has 0 amide bonds. The highest BCUT2D eigenvalue weighted by molar-refractivity contribution is 6.07. The number of furan rings is 1. The summed E-state index contributed by atoms with van der Waals surface area (Å²) in [5, 5.41) is 0. The van der Waals surface area contributed by atoms with Crippen molar-refractivity contribution < 1.29 is 27.8 Å². The molecule has 2 aromatic carbocycles. The van der Waals surface area contributed by atoms with E-state index in [2.05, 4.69) is 0 Å². The number of hydrogen-bond donors (Lipinski definition) is 0. The van der Waals surface area contributed by atoms with Gasteiger partial charge in [-0.25, -0.2) is 4.39 Å². The summed E-state index contributed by atoms with van der Waals surface area (Å²) in [7, 11) is 4.47. The van der Waals surface area contributed by atoms with E-state index in [9.17, 15) is 9.18 Å². The van der Waals surface area contributed by atoms with Gasteiger partial charge in [0.2, 0.25) is 5.75 Å². The lowest BCUT2D eigenvalue weighted by Crippen LogP contribution is -2.00. The van der Waals surface area contributed by atoms with E-state index in [1.807, 2.05) is 0 Å². The SMILES string of the molecule is COc1cc(C(=O)/C=C/c2ccc(-c3ccc(F)cc3)o2)cc(OC)c1OC. The van der Waals surface area contributed by atoms with E-state index in [1.54, 1.807) is 42.5 Å². The zero-order chi connectivity index (χ0) is 20.1. The number of rotatable bonds is 7. The van der Waals surface area contributed by atoms with E-state index < -0.39 is 0 Å². The first-order valence-electron chi connectivity index (χ1n) is 8.44. The standard InChI is InChI=1S/C22H19FO5/c1-25-20-12-15(13-21(26-2)22(20)27-3)18(24)10-8-17-9-11-19(28-17)14-4-6-16(23)7-5-14/h4-13H,1-3H3/b10-8+. The van der Waals surface area contributed by atoms with Gasteiger partial charge in [-0.15, -0.1) is 0 Å². The fourth-order valence-corrected chi connectivity index (χ4v) is 2.69. The van der Waals surface area contributed by atoms with Crippen LogP contribution in [-0.4, -0.2) is 27.1 Å². The highest BCUT2D eigenvalue weighted by Crippen LogP contribution is 2.38. The Balaban J connectivity index is 1.81. The highest BCUT2D eigenvalue weighted by atomic mass is 19.1. The average molecular weight is 382 g/mol. The third-order valence-electron chi connectivity index (χ3n) is 4.10. The van der Waals surface area contributed by atoms with Crippen molar-refractivity contribution in [1.29, 1.82) is 0 Å². The van der Waals surface area contributed by atoms with Gasteiger partial charge in [-0.2, -0.15) is 0 Å². The maximum absolute atomic E-state index is 13.0. The largest absolute Gasteiger partial charge is 0.493 e. The number of carbonyl (C=O) groups excluding carboxylic acids is 1. The molecule has 5 nitrogen and oxygen atoms in total. The number of ether oxygens (including phenoxy) is 3. The maximum atomic E-state index is 13.0. The van der Waals surface area contributed by atoms with Gasteiger partial charge in [-0.05, 0) is 60.7 Å². The second kappa shape index (κ2) is 8.43. The number of hydrogen-bond acceptors (Lipinski definition) is 5. The molecule has 0 aliphatic rings. The summed E-state index contributed by atoms with van der Waals surface area (Å²) in [5.74, 6) is 1.73. The Hall–Kier alpha value is -3.54. The van der Waals surface area contributed by atoms with Crippen LogP contribution >= 0.6 is 0 Å². The van der Waals surface area contributed by atoms with Gasteiger partial charge in [-0.3, -0.25) is 4.79 Å². The Morgan fingerprint density at radius 3 is 2.14 bits per heavy atom. The molecular weight excluding hydrogens is 363 g/mol. The minimum Gasteiger partial charge on any atom is -0.493 e. The van der Waals surface area contributed by atoms with Crippen molar-refractivity contribution in [2.75, 3.05) is 21.3 Å². The molecule has 6 heteroatoms. The zero-order valence-electron chi connectivity index (χ0n) is 15.7. The molecule has 3 rings (SSSR count). The van der Waals surface area contributed by atoms with Crippen LogP contribution in [0, 0.1) is 5.82 Å². The second-order valence-electron chi connectivity index (χ2n) is 5.82. The summed E-state index contributed by atoms with van der Waals surface area (Å²) >= 11 is 0. The molecule has 1 aromatic heterocycles.